The molecule has 1 aliphatic carbocycles. The Balaban J connectivity index is 1.82. The summed E-state index contributed by atoms with van der Waals surface area (Å²) < 4.78 is 0. The molecule has 3 atom stereocenters. The van der Waals surface area contributed by atoms with E-state index in [9.17, 15) is 0 Å². The molecular formula is C16H32N2. The highest BCUT2D eigenvalue weighted by Crippen LogP contribution is 2.28. The topological polar surface area (TPSA) is 15.3 Å². The van der Waals surface area contributed by atoms with Gasteiger partial charge in [0, 0.05) is 18.6 Å². The molecule has 2 aliphatic rings. The van der Waals surface area contributed by atoms with Crippen LogP contribution < -0.4 is 5.32 Å². The second kappa shape index (κ2) is 7.49. The number of nitrogens with zero attached hydrogens (tertiary/aromatic N) is 1. The number of likely N-dealkylation sites (tertiary alicyclic amines) is 1. The molecule has 0 spiro atoms. The molecule has 0 radical (unpaired) electrons. The van der Waals surface area contributed by atoms with Crippen LogP contribution in [0.25, 0.3) is 0 Å². The molecule has 2 heteroatoms. The average Bonchev–Trinajstić information content (AvgIpc) is 2.71. The molecule has 0 aromatic carbocycles. The zero-order valence-corrected chi connectivity index (χ0v) is 12.5. The van der Waals surface area contributed by atoms with Gasteiger partial charge in [-0.15, -0.1) is 0 Å². The van der Waals surface area contributed by atoms with Crippen LogP contribution in [0, 0.1) is 5.92 Å². The van der Waals surface area contributed by atoms with Crippen molar-refractivity contribution >= 4 is 0 Å². The van der Waals surface area contributed by atoms with E-state index < -0.39 is 0 Å². The van der Waals surface area contributed by atoms with E-state index >= 15 is 0 Å². The van der Waals surface area contributed by atoms with Gasteiger partial charge >= 0.3 is 0 Å². The maximum Gasteiger partial charge on any atom is 0.0107 e. The third kappa shape index (κ3) is 3.96. The maximum absolute atomic E-state index is 3.77. The minimum absolute atomic E-state index is 0.806. The van der Waals surface area contributed by atoms with Gasteiger partial charge in [-0.05, 0) is 58.0 Å². The molecule has 106 valence electrons. The van der Waals surface area contributed by atoms with E-state index in [4.69, 9.17) is 0 Å². The first-order valence-corrected chi connectivity index (χ1v) is 8.28. The molecule has 1 N–H and O–H groups in total. The van der Waals surface area contributed by atoms with Gasteiger partial charge in [-0.3, -0.25) is 0 Å². The van der Waals surface area contributed by atoms with Gasteiger partial charge in [-0.1, -0.05) is 26.2 Å². The predicted octanol–water partition coefficient (Wildman–Crippen LogP) is 3.42. The van der Waals surface area contributed by atoms with Crippen LogP contribution in [-0.4, -0.2) is 36.6 Å². The number of rotatable bonds is 5. The Morgan fingerprint density at radius 2 is 1.94 bits per heavy atom. The average molecular weight is 252 g/mol. The lowest BCUT2D eigenvalue weighted by molar-refractivity contribution is 0.169. The quantitative estimate of drug-likeness (QED) is 0.806. The van der Waals surface area contributed by atoms with Crippen LogP contribution in [0.2, 0.25) is 0 Å². The van der Waals surface area contributed by atoms with Gasteiger partial charge in [0.25, 0.3) is 0 Å². The molecular weight excluding hydrogens is 220 g/mol. The zero-order valence-electron chi connectivity index (χ0n) is 12.5. The van der Waals surface area contributed by atoms with E-state index in [0.29, 0.717) is 0 Å². The third-order valence-corrected chi connectivity index (χ3v) is 4.98. The van der Waals surface area contributed by atoms with Crippen LogP contribution in [0.3, 0.4) is 0 Å². The van der Waals surface area contributed by atoms with E-state index in [1.807, 2.05) is 0 Å². The Kier molecular flexibility index (Phi) is 5.97. The minimum Gasteiger partial charge on any atom is -0.314 e. The standard InChI is InChI=1S/C16H32N2/c1-3-11-17-16-10-7-9-15(16)13-18-12-6-4-5-8-14(18)2/h14-17H,3-13H2,1-2H3. The van der Waals surface area contributed by atoms with Gasteiger partial charge in [0.15, 0.2) is 0 Å². The van der Waals surface area contributed by atoms with Gasteiger partial charge in [-0.25, -0.2) is 0 Å². The molecule has 0 bridgehead atoms. The number of hydrogen-bond donors (Lipinski definition) is 1. The van der Waals surface area contributed by atoms with Crippen molar-refractivity contribution in [3.05, 3.63) is 0 Å². The summed E-state index contributed by atoms with van der Waals surface area (Å²) in [5.41, 5.74) is 0. The van der Waals surface area contributed by atoms with Crippen LogP contribution in [0.5, 0.6) is 0 Å². The molecule has 2 rings (SSSR count). The molecule has 0 aromatic rings. The first kappa shape index (κ1) is 14.3. The van der Waals surface area contributed by atoms with Crippen LogP contribution >= 0.6 is 0 Å². The summed E-state index contributed by atoms with van der Waals surface area (Å²) in [6, 6.07) is 1.63. The first-order valence-electron chi connectivity index (χ1n) is 8.28. The zero-order chi connectivity index (χ0) is 12.8. The molecule has 1 aliphatic heterocycles. The Hall–Kier alpha value is -0.0800. The largest absolute Gasteiger partial charge is 0.314 e. The normalized spacial score (nSPS) is 34.7. The summed E-state index contributed by atoms with van der Waals surface area (Å²) in [4.78, 5) is 2.78. The van der Waals surface area contributed by atoms with Crippen LogP contribution in [0.1, 0.15) is 65.2 Å². The van der Waals surface area contributed by atoms with Gasteiger partial charge in [0.2, 0.25) is 0 Å². The van der Waals surface area contributed by atoms with E-state index in [-0.39, 0.29) is 0 Å². The molecule has 0 aromatic heterocycles. The molecule has 1 heterocycles. The Morgan fingerprint density at radius 1 is 1.06 bits per heavy atom. The highest BCUT2D eigenvalue weighted by molar-refractivity contribution is 4.86. The fourth-order valence-electron chi connectivity index (χ4n) is 3.76. The summed E-state index contributed by atoms with van der Waals surface area (Å²) in [7, 11) is 0. The molecule has 2 fully saturated rings. The van der Waals surface area contributed by atoms with Crippen LogP contribution in [0.4, 0.5) is 0 Å². The van der Waals surface area contributed by atoms with Crippen molar-refractivity contribution in [3.8, 4) is 0 Å². The van der Waals surface area contributed by atoms with Crippen molar-refractivity contribution in [2.45, 2.75) is 77.3 Å². The van der Waals surface area contributed by atoms with Crippen molar-refractivity contribution in [3.63, 3.8) is 0 Å². The summed E-state index contributed by atoms with van der Waals surface area (Å²) in [6.07, 6.45) is 11.3. The van der Waals surface area contributed by atoms with Crippen molar-refractivity contribution < 1.29 is 0 Å². The van der Waals surface area contributed by atoms with Crippen LogP contribution in [-0.2, 0) is 0 Å². The molecule has 3 unspecified atom stereocenters. The minimum atomic E-state index is 0.806. The third-order valence-electron chi connectivity index (χ3n) is 4.98. The number of nitrogens with one attached hydrogen (secondary N) is 1. The summed E-state index contributed by atoms with van der Waals surface area (Å²) in [5.74, 6) is 0.914. The second-order valence-electron chi connectivity index (χ2n) is 6.44. The maximum atomic E-state index is 3.77. The lowest BCUT2D eigenvalue weighted by Crippen LogP contribution is -2.42. The van der Waals surface area contributed by atoms with Gasteiger partial charge in [0.1, 0.15) is 0 Å². The lowest BCUT2D eigenvalue weighted by Gasteiger charge is -2.32. The predicted molar refractivity (Wildman–Crippen MR) is 78.9 cm³/mol. The van der Waals surface area contributed by atoms with Crippen molar-refractivity contribution in [2.75, 3.05) is 19.6 Å². The van der Waals surface area contributed by atoms with Crippen molar-refractivity contribution in [1.82, 2.24) is 10.2 Å². The Bertz CT molecular complexity index is 229. The summed E-state index contributed by atoms with van der Waals surface area (Å²) in [5, 5.41) is 3.77. The Morgan fingerprint density at radius 3 is 2.78 bits per heavy atom. The van der Waals surface area contributed by atoms with Crippen LogP contribution in [0.15, 0.2) is 0 Å². The number of hydrogen-bond acceptors (Lipinski definition) is 2. The second-order valence-corrected chi connectivity index (χ2v) is 6.44. The van der Waals surface area contributed by atoms with Gasteiger partial charge in [0.05, 0.1) is 0 Å². The smallest absolute Gasteiger partial charge is 0.0107 e. The fraction of sp³-hybridized carbons (Fsp3) is 1.00. The molecule has 2 nitrogen and oxygen atoms in total. The van der Waals surface area contributed by atoms with E-state index in [2.05, 4.69) is 24.1 Å². The molecule has 1 saturated heterocycles. The van der Waals surface area contributed by atoms with E-state index in [1.165, 1.54) is 71.0 Å². The molecule has 0 amide bonds. The Labute approximate surface area is 114 Å². The molecule has 1 saturated carbocycles. The van der Waals surface area contributed by atoms with Gasteiger partial charge in [-0.2, -0.15) is 0 Å². The summed E-state index contributed by atoms with van der Waals surface area (Å²) in [6.45, 7) is 8.61. The van der Waals surface area contributed by atoms with Gasteiger partial charge < -0.3 is 10.2 Å². The monoisotopic (exact) mass is 252 g/mol. The summed E-state index contributed by atoms with van der Waals surface area (Å²) >= 11 is 0. The van der Waals surface area contributed by atoms with Crippen molar-refractivity contribution in [1.29, 1.82) is 0 Å². The highest BCUT2D eigenvalue weighted by Gasteiger charge is 2.29. The SMILES string of the molecule is CCCNC1CCCC1CN1CCCCCC1C. The lowest BCUT2D eigenvalue weighted by atomic mass is 10.0. The first-order chi connectivity index (χ1) is 8.81. The fourth-order valence-corrected chi connectivity index (χ4v) is 3.76. The molecule has 18 heavy (non-hydrogen) atoms. The van der Waals surface area contributed by atoms with Crippen molar-refractivity contribution in [2.24, 2.45) is 5.92 Å². The van der Waals surface area contributed by atoms with E-state index in [0.717, 1.165) is 18.0 Å². The highest BCUT2D eigenvalue weighted by atomic mass is 15.2. The van der Waals surface area contributed by atoms with E-state index in [1.54, 1.807) is 0 Å².